The molecule has 12 heteroatoms. The number of nitrogens with zero attached hydrogens (tertiary/aromatic N) is 2. The van der Waals surface area contributed by atoms with E-state index in [1.807, 2.05) is 0 Å². The predicted octanol–water partition coefficient (Wildman–Crippen LogP) is 2.66. The second-order valence-corrected chi connectivity index (χ2v) is 12.0. The Balaban J connectivity index is 1.37. The van der Waals surface area contributed by atoms with E-state index in [2.05, 4.69) is 5.32 Å². The maximum absolute atomic E-state index is 14.0. The van der Waals surface area contributed by atoms with Gasteiger partial charge in [0.05, 0.1) is 28.7 Å². The van der Waals surface area contributed by atoms with Crippen LogP contribution in [0.5, 0.6) is 0 Å². The first-order valence-electron chi connectivity index (χ1n) is 11.1. The van der Waals surface area contributed by atoms with Crippen molar-refractivity contribution < 1.29 is 30.8 Å². The van der Waals surface area contributed by atoms with Crippen LogP contribution in [0.4, 0.5) is 15.8 Å². The van der Waals surface area contributed by atoms with Crippen molar-refractivity contribution in [3.63, 3.8) is 0 Å². The highest BCUT2D eigenvalue weighted by atomic mass is 32.2. The Bertz CT molecular complexity index is 1540. The lowest BCUT2D eigenvalue weighted by Crippen LogP contribution is -2.40. The van der Waals surface area contributed by atoms with Gasteiger partial charge in [-0.3, -0.25) is 9.10 Å². The number of carbonyl (C=O) groups excluding carboxylic acids is 1. The van der Waals surface area contributed by atoms with Crippen LogP contribution in [-0.4, -0.2) is 59.9 Å². The molecule has 3 aromatic carbocycles. The van der Waals surface area contributed by atoms with Gasteiger partial charge in [0, 0.05) is 29.9 Å². The number of halogens is 1. The fourth-order valence-corrected chi connectivity index (χ4v) is 7.31. The zero-order chi connectivity index (χ0) is 25.5. The molecule has 0 aliphatic carbocycles. The monoisotopic (exact) mass is 531 g/mol. The minimum absolute atomic E-state index is 0.0198. The van der Waals surface area contributed by atoms with E-state index in [-0.39, 0.29) is 28.6 Å². The summed E-state index contributed by atoms with van der Waals surface area (Å²) in [5.74, 6) is -1.17. The number of hydrogen-bond donors (Lipinski definition) is 1. The Hall–Kier alpha value is -3.32. The molecule has 0 bridgehead atoms. The molecule has 0 unspecified atom stereocenters. The van der Waals surface area contributed by atoms with Crippen LogP contribution in [0.2, 0.25) is 0 Å². The van der Waals surface area contributed by atoms with Crippen LogP contribution in [0, 0.1) is 5.82 Å². The Morgan fingerprint density at radius 2 is 1.67 bits per heavy atom. The summed E-state index contributed by atoms with van der Waals surface area (Å²) in [4.78, 5) is 12.9. The minimum Gasteiger partial charge on any atom is -0.379 e. The van der Waals surface area contributed by atoms with Crippen LogP contribution in [-0.2, 0) is 29.6 Å². The van der Waals surface area contributed by atoms with Gasteiger partial charge < -0.3 is 10.1 Å². The van der Waals surface area contributed by atoms with Crippen molar-refractivity contribution in [1.82, 2.24) is 4.31 Å². The molecule has 188 valence electrons. The van der Waals surface area contributed by atoms with E-state index in [4.69, 9.17) is 4.74 Å². The molecule has 1 fully saturated rings. The molecule has 0 radical (unpaired) electrons. The summed E-state index contributed by atoms with van der Waals surface area (Å²) in [5.41, 5.74) is 1.22. The second-order valence-electron chi connectivity index (χ2n) is 8.26. The van der Waals surface area contributed by atoms with Crippen molar-refractivity contribution in [2.45, 2.75) is 9.79 Å². The van der Waals surface area contributed by atoms with Crippen molar-refractivity contribution in [1.29, 1.82) is 0 Å². The van der Waals surface area contributed by atoms with E-state index in [0.717, 1.165) is 10.4 Å². The van der Waals surface area contributed by atoms with Crippen LogP contribution in [0.25, 0.3) is 11.1 Å². The van der Waals surface area contributed by atoms with Crippen LogP contribution >= 0.6 is 0 Å². The summed E-state index contributed by atoms with van der Waals surface area (Å²) in [7, 11) is -7.77. The fourth-order valence-electron chi connectivity index (χ4n) is 4.25. The highest BCUT2D eigenvalue weighted by Gasteiger charge is 2.36. The number of carbonyl (C=O) groups is 1. The van der Waals surface area contributed by atoms with Crippen molar-refractivity contribution in [2.24, 2.45) is 0 Å². The van der Waals surface area contributed by atoms with Crippen LogP contribution < -0.4 is 9.62 Å². The van der Waals surface area contributed by atoms with E-state index < -0.39 is 38.3 Å². The molecule has 0 atom stereocenters. The SMILES string of the molecule is O=C(CN1c2ccc(F)cc2-c2ccccc2S1(=O)=O)Nc1ccc(S(=O)(=O)N2CCOCC2)cc1. The largest absolute Gasteiger partial charge is 0.379 e. The number of morpholine rings is 1. The maximum Gasteiger partial charge on any atom is 0.265 e. The van der Waals surface area contributed by atoms with Crippen molar-refractivity contribution in [3.8, 4) is 11.1 Å². The lowest BCUT2D eigenvalue weighted by atomic mass is 10.0. The average Bonchev–Trinajstić information content (AvgIpc) is 2.88. The molecule has 0 saturated carbocycles. The van der Waals surface area contributed by atoms with Gasteiger partial charge in [-0.2, -0.15) is 4.31 Å². The Morgan fingerprint density at radius 1 is 0.972 bits per heavy atom. The molecule has 1 amide bonds. The number of anilines is 2. The Morgan fingerprint density at radius 3 is 2.39 bits per heavy atom. The zero-order valence-corrected chi connectivity index (χ0v) is 20.6. The van der Waals surface area contributed by atoms with E-state index in [0.29, 0.717) is 30.0 Å². The van der Waals surface area contributed by atoms with Gasteiger partial charge in [0.15, 0.2) is 0 Å². The van der Waals surface area contributed by atoms with Crippen LogP contribution in [0.15, 0.2) is 76.5 Å². The van der Waals surface area contributed by atoms with Crippen LogP contribution in [0.1, 0.15) is 0 Å². The van der Waals surface area contributed by atoms with Gasteiger partial charge in [-0.25, -0.2) is 21.2 Å². The third kappa shape index (κ3) is 4.37. The van der Waals surface area contributed by atoms with Gasteiger partial charge in [0.2, 0.25) is 15.9 Å². The highest BCUT2D eigenvalue weighted by molar-refractivity contribution is 7.93. The number of ether oxygens (including phenoxy) is 1. The molecule has 0 spiro atoms. The standard InChI is InChI=1S/C24H22FN3O6S2/c25-17-5-10-22-21(15-17)20-3-1-2-4-23(20)36(32,33)28(22)16-24(29)26-18-6-8-19(9-7-18)35(30,31)27-11-13-34-14-12-27/h1-10,15H,11-14,16H2,(H,26,29). The maximum atomic E-state index is 14.0. The first-order chi connectivity index (χ1) is 17.2. The van der Waals surface area contributed by atoms with Crippen molar-refractivity contribution in [3.05, 3.63) is 72.5 Å². The van der Waals surface area contributed by atoms with Gasteiger partial charge in [0.1, 0.15) is 12.4 Å². The number of fused-ring (bicyclic) bond motifs is 3. The summed E-state index contributed by atoms with van der Waals surface area (Å²) in [6, 6.07) is 15.6. The quantitative estimate of drug-likeness (QED) is 0.542. The van der Waals surface area contributed by atoms with E-state index in [1.54, 1.807) is 18.2 Å². The Kier molecular flexibility index (Phi) is 6.29. The van der Waals surface area contributed by atoms with Crippen molar-refractivity contribution >= 4 is 37.3 Å². The third-order valence-electron chi connectivity index (χ3n) is 6.01. The molecule has 5 rings (SSSR count). The summed E-state index contributed by atoms with van der Waals surface area (Å²) >= 11 is 0. The first-order valence-corrected chi connectivity index (χ1v) is 14.0. The minimum atomic E-state index is -4.08. The van der Waals surface area contributed by atoms with Gasteiger partial charge in [0.25, 0.3) is 10.0 Å². The molecule has 0 aromatic heterocycles. The third-order valence-corrected chi connectivity index (χ3v) is 9.74. The number of hydrogen-bond acceptors (Lipinski definition) is 6. The van der Waals surface area contributed by atoms with Crippen molar-refractivity contribution in [2.75, 3.05) is 42.5 Å². The van der Waals surface area contributed by atoms with Gasteiger partial charge >= 0.3 is 0 Å². The second kappa shape index (κ2) is 9.28. The summed E-state index contributed by atoms with van der Waals surface area (Å²) in [6.07, 6.45) is 0. The van der Waals surface area contributed by atoms with Crippen LogP contribution in [0.3, 0.4) is 0 Å². The molecule has 2 heterocycles. The van der Waals surface area contributed by atoms with E-state index in [9.17, 15) is 26.0 Å². The van der Waals surface area contributed by atoms with Gasteiger partial charge in [-0.1, -0.05) is 18.2 Å². The molecule has 36 heavy (non-hydrogen) atoms. The smallest absolute Gasteiger partial charge is 0.265 e. The van der Waals surface area contributed by atoms with E-state index >= 15 is 0 Å². The lowest BCUT2D eigenvalue weighted by molar-refractivity contribution is -0.114. The molecule has 2 aliphatic rings. The number of sulfonamides is 2. The molecule has 1 saturated heterocycles. The summed E-state index contributed by atoms with van der Waals surface area (Å²) in [6.45, 7) is 0.627. The molecule has 3 aromatic rings. The number of rotatable bonds is 5. The summed E-state index contributed by atoms with van der Waals surface area (Å²) < 4.78 is 73.7. The highest BCUT2D eigenvalue weighted by Crippen LogP contribution is 2.43. The zero-order valence-electron chi connectivity index (χ0n) is 18.9. The molecule has 9 nitrogen and oxygen atoms in total. The molecular formula is C24H22FN3O6S2. The fraction of sp³-hybridized carbons (Fsp3) is 0.208. The normalized spacial score (nSPS) is 17.2. The predicted molar refractivity (Wildman–Crippen MR) is 131 cm³/mol. The topological polar surface area (TPSA) is 113 Å². The molecule has 2 aliphatic heterocycles. The molecular weight excluding hydrogens is 509 g/mol. The summed E-state index contributed by atoms with van der Waals surface area (Å²) in [5, 5.41) is 2.60. The number of amides is 1. The lowest BCUT2D eigenvalue weighted by Gasteiger charge is -2.31. The first kappa shape index (κ1) is 24.4. The van der Waals surface area contributed by atoms with Gasteiger partial charge in [-0.15, -0.1) is 0 Å². The van der Waals surface area contributed by atoms with Gasteiger partial charge in [-0.05, 0) is 48.5 Å². The number of nitrogens with one attached hydrogen (secondary N) is 1. The Labute approximate surface area is 208 Å². The molecule has 1 N–H and O–H groups in total. The van der Waals surface area contributed by atoms with E-state index in [1.165, 1.54) is 46.8 Å². The average molecular weight is 532 g/mol. The number of benzene rings is 3.